The quantitative estimate of drug-likeness (QED) is 0.602. The van der Waals surface area contributed by atoms with E-state index in [-0.39, 0.29) is 11.8 Å². The highest BCUT2D eigenvalue weighted by Crippen LogP contribution is 2.25. The number of methoxy groups -OCH3 is 1. The lowest BCUT2D eigenvalue weighted by Crippen LogP contribution is -2.43. The van der Waals surface area contributed by atoms with Gasteiger partial charge in [-0.15, -0.1) is 0 Å². The van der Waals surface area contributed by atoms with Crippen molar-refractivity contribution in [2.24, 2.45) is 5.92 Å². The number of nitrogens with zero attached hydrogens (tertiary/aromatic N) is 4. The average Bonchev–Trinajstić information content (AvgIpc) is 3.27. The van der Waals surface area contributed by atoms with Crippen LogP contribution in [-0.2, 0) is 11.3 Å². The predicted octanol–water partition coefficient (Wildman–Crippen LogP) is 3.93. The van der Waals surface area contributed by atoms with Crippen molar-refractivity contribution in [1.29, 1.82) is 0 Å². The molecule has 0 N–H and O–H groups in total. The number of rotatable bonds is 6. The molecule has 1 aliphatic rings. The standard InChI is InChI=1S/C24H28N4O3/c1-17-6-10-20(11-7-17)28-14-4-5-19(15-28)24(29)27(2)16-22-25-23(26-31-22)18-8-12-21(30-3)13-9-18/h6-13,19H,4-5,14-16H2,1-3H3. The van der Waals surface area contributed by atoms with E-state index in [2.05, 4.69) is 46.2 Å². The van der Waals surface area contributed by atoms with Crippen molar-refractivity contribution >= 4 is 11.6 Å². The van der Waals surface area contributed by atoms with Crippen LogP contribution in [0.3, 0.4) is 0 Å². The Labute approximate surface area is 182 Å². The van der Waals surface area contributed by atoms with Crippen molar-refractivity contribution in [2.75, 3.05) is 32.1 Å². The number of carbonyl (C=O) groups is 1. The Balaban J connectivity index is 1.38. The molecule has 1 atom stereocenters. The summed E-state index contributed by atoms with van der Waals surface area (Å²) < 4.78 is 10.6. The summed E-state index contributed by atoms with van der Waals surface area (Å²) in [6, 6.07) is 15.9. The van der Waals surface area contributed by atoms with Gasteiger partial charge in [-0.25, -0.2) is 0 Å². The first-order valence-corrected chi connectivity index (χ1v) is 10.6. The summed E-state index contributed by atoms with van der Waals surface area (Å²) in [5.74, 6) is 1.77. The zero-order chi connectivity index (χ0) is 21.8. The van der Waals surface area contributed by atoms with Gasteiger partial charge in [-0.1, -0.05) is 22.9 Å². The molecule has 1 fully saturated rings. The van der Waals surface area contributed by atoms with E-state index >= 15 is 0 Å². The smallest absolute Gasteiger partial charge is 0.246 e. The fourth-order valence-corrected chi connectivity index (χ4v) is 3.94. The number of amides is 1. The Morgan fingerprint density at radius 2 is 1.94 bits per heavy atom. The fourth-order valence-electron chi connectivity index (χ4n) is 3.94. The van der Waals surface area contributed by atoms with Gasteiger partial charge in [0.1, 0.15) is 5.75 Å². The van der Waals surface area contributed by atoms with Gasteiger partial charge < -0.3 is 19.1 Å². The van der Waals surface area contributed by atoms with E-state index in [0.29, 0.717) is 18.3 Å². The van der Waals surface area contributed by atoms with Gasteiger partial charge in [0.05, 0.1) is 19.6 Å². The molecular formula is C24H28N4O3. The van der Waals surface area contributed by atoms with E-state index < -0.39 is 0 Å². The maximum atomic E-state index is 13.1. The molecular weight excluding hydrogens is 392 g/mol. The highest BCUT2D eigenvalue weighted by molar-refractivity contribution is 5.79. The van der Waals surface area contributed by atoms with Gasteiger partial charge in [0.15, 0.2) is 0 Å². The van der Waals surface area contributed by atoms with Gasteiger partial charge in [-0.2, -0.15) is 4.98 Å². The first-order chi connectivity index (χ1) is 15.0. The summed E-state index contributed by atoms with van der Waals surface area (Å²) in [5, 5.41) is 4.05. The molecule has 2 aromatic carbocycles. The largest absolute Gasteiger partial charge is 0.497 e. The molecule has 1 saturated heterocycles. The topological polar surface area (TPSA) is 71.7 Å². The van der Waals surface area contributed by atoms with Crippen molar-refractivity contribution in [3.8, 4) is 17.1 Å². The van der Waals surface area contributed by atoms with Crippen molar-refractivity contribution < 1.29 is 14.1 Å². The highest BCUT2D eigenvalue weighted by Gasteiger charge is 2.29. The zero-order valence-electron chi connectivity index (χ0n) is 18.2. The minimum atomic E-state index is -0.0379. The summed E-state index contributed by atoms with van der Waals surface area (Å²) >= 11 is 0. The number of benzene rings is 2. The maximum Gasteiger partial charge on any atom is 0.246 e. The molecule has 1 unspecified atom stereocenters. The molecule has 0 spiro atoms. The second kappa shape index (κ2) is 9.20. The molecule has 0 saturated carbocycles. The SMILES string of the molecule is COc1ccc(-c2noc(CN(C)C(=O)C3CCCN(c4ccc(C)cc4)C3)n2)cc1. The van der Waals surface area contributed by atoms with Crippen LogP contribution in [0, 0.1) is 12.8 Å². The van der Waals surface area contributed by atoms with E-state index in [1.807, 2.05) is 24.3 Å². The van der Waals surface area contributed by atoms with Crippen molar-refractivity contribution in [3.63, 3.8) is 0 Å². The van der Waals surface area contributed by atoms with Gasteiger partial charge in [0.2, 0.25) is 17.6 Å². The molecule has 162 valence electrons. The van der Waals surface area contributed by atoms with Crippen LogP contribution in [-0.4, -0.2) is 48.2 Å². The van der Waals surface area contributed by atoms with Crippen molar-refractivity contribution in [1.82, 2.24) is 15.0 Å². The van der Waals surface area contributed by atoms with Gasteiger partial charge in [0, 0.05) is 31.4 Å². The first kappa shape index (κ1) is 20.9. The van der Waals surface area contributed by atoms with Gasteiger partial charge >= 0.3 is 0 Å². The average molecular weight is 421 g/mol. The van der Waals surface area contributed by atoms with Crippen LogP contribution in [0.15, 0.2) is 53.1 Å². The van der Waals surface area contributed by atoms with Crippen LogP contribution in [0.5, 0.6) is 5.75 Å². The number of ether oxygens (including phenoxy) is 1. The van der Waals surface area contributed by atoms with E-state index in [1.165, 1.54) is 11.3 Å². The van der Waals surface area contributed by atoms with Crippen molar-refractivity contribution in [3.05, 3.63) is 60.0 Å². The molecule has 4 rings (SSSR count). The summed E-state index contributed by atoms with van der Waals surface area (Å²) in [6.45, 7) is 4.08. The molecule has 1 aliphatic heterocycles. The van der Waals surface area contributed by atoms with Crippen LogP contribution in [0.1, 0.15) is 24.3 Å². The third kappa shape index (κ3) is 4.87. The number of piperidine rings is 1. The molecule has 0 radical (unpaired) electrons. The summed E-state index contributed by atoms with van der Waals surface area (Å²) in [5.41, 5.74) is 3.25. The fraction of sp³-hybridized carbons (Fsp3) is 0.375. The Kier molecular flexibility index (Phi) is 6.21. The summed E-state index contributed by atoms with van der Waals surface area (Å²) in [6.07, 6.45) is 1.90. The third-order valence-electron chi connectivity index (χ3n) is 5.73. The van der Waals surface area contributed by atoms with Crippen LogP contribution in [0.2, 0.25) is 0 Å². The Morgan fingerprint density at radius 3 is 2.65 bits per heavy atom. The number of hydrogen-bond acceptors (Lipinski definition) is 6. The minimum Gasteiger partial charge on any atom is -0.497 e. The Hall–Kier alpha value is -3.35. The molecule has 2 heterocycles. The second-order valence-corrected chi connectivity index (χ2v) is 8.06. The van der Waals surface area contributed by atoms with Gasteiger partial charge in [-0.3, -0.25) is 4.79 Å². The lowest BCUT2D eigenvalue weighted by molar-refractivity contribution is -0.135. The maximum absolute atomic E-state index is 13.1. The lowest BCUT2D eigenvalue weighted by Gasteiger charge is -2.35. The monoisotopic (exact) mass is 420 g/mol. The second-order valence-electron chi connectivity index (χ2n) is 8.06. The third-order valence-corrected chi connectivity index (χ3v) is 5.73. The summed E-state index contributed by atoms with van der Waals surface area (Å²) in [7, 11) is 3.42. The van der Waals surface area contributed by atoms with E-state index in [9.17, 15) is 4.79 Å². The minimum absolute atomic E-state index is 0.0379. The molecule has 0 aliphatic carbocycles. The van der Waals surface area contributed by atoms with Crippen LogP contribution in [0.25, 0.3) is 11.4 Å². The first-order valence-electron chi connectivity index (χ1n) is 10.6. The molecule has 1 amide bonds. The Bertz CT molecular complexity index is 1010. The highest BCUT2D eigenvalue weighted by atomic mass is 16.5. The number of aryl methyl sites for hydroxylation is 1. The molecule has 1 aromatic heterocycles. The summed E-state index contributed by atoms with van der Waals surface area (Å²) in [4.78, 5) is 21.5. The van der Waals surface area contributed by atoms with E-state index in [1.54, 1.807) is 19.1 Å². The number of anilines is 1. The zero-order valence-corrected chi connectivity index (χ0v) is 18.2. The van der Waals surface area contributed by atoms with E-state index in [4.69, 9.17) is 9.26 Å². The lowest BCUT2D eigenvalue weighted by atomic mass is 9.96. The van der Waals surface area contributed by atoms with Crippen LogP contribution in [0.4, 0.5) is 5.69 Å². The number of carbonyl (C=O) groups excluding carboxylic acids is 1. The number of hydrogen-bond donors (Lipinski definition) is 0. The van der Waals surface area contributed by atoms with Crippen LogP contribution >= 0.6 is 0 Å². The molecule has 7 nitrogen and oxygen atoms in total. The van der Waals surface area contributed by atoms with Crippen molar-refractivity contribution in [2.45, 2.75) is 26.3 Å². The van der Waals surface area contributed by atoms with Gasteiger partial charge in [0.25, 0.3) is 0 Å². The number of aromatic nitrogens is 2. The van der Waals surface area contributed by atoms with Crippen LogP contribution < -0.4 is 9.64 Å². The van der Waals surface area contributed by atoms with Gasteiger partial charge in [-0.05, 0) is 56.2 Å². The Morgan fingerprint density at radius 1 is 1.19 bits per heavy atom. The molecule has 0 bridgehead atoms. The molecule has 31 heavy (non-hydrogen) atoms. The van der Waals surface area contributed by atoms with E-state index in [0.717, 1.165) is 37.2 Å². The normalized spacial score (nSPS) is 16.2. The molecule has 7 heteroatoms. The molecule has 3 aromatic rings. The predicted molar refractivity (Wildman–Crippen MR) is 119 cm³/mol.